The van der Waals surface area contributed by atoms with E-state index in [1.54, 1.807) is 19.9 Å². The Balaban J connectivity index is 1.93. The summed E-state index contributed by atoms with van der Waals surface area (Å²) in [4.78, 5) is 35.6. The summed E-state index contributed by atoms with van der Waals surface area (Å²) in [5.74, 6) is -0.521. The summed E-state index contributed by atoms with van der Waals surface area (Å²) in [6.07, 6.45) is 0. The molecule has 3 rings (SSSR count). The van der Waals surface area contributed by atoms with Crippen LogP contribution < -0.4 is 10.9 Å². The van der Waals surface area contributed by atoms with Crippen molar-refractivity contribution >= 4 is 17.3 Å². The molecule has 0 atom stereocenters. The Hall–Kier alpha value is -3.81. The van der Waals surface area contributed by atoms with Gasteiger partial charge in [-0.05, 0) is 26.0 Å². The van der Waals surface area contributed by atoms with Crippen LogP contribution in [0.2, 0.25) is 0 Å². The van der Waals surface area contributed by atoms with Crippen molar-refractivity contribution in [1.82, 2.24) is 9.78 Å². The number of amides is 1. The van der Waals surface area contributed by atoms with Crippen LogP contribution in [-0.4, -0.2) is 20.6 Å². The lowest BCUT2D eigenvalue weighted by Gasteiger charge is -2.25. The van der Waals surface area contributed by atoms with Gasteiger partial charge in [-0.3, -0.25) is 19.7 Å². The highest BCUT2D eigenvalue weighted by molar-refractivity contribution is 5.96. The third kappa shape index (κ3) is 3.80. The van der Waals surface area contributed by atoms with Crippen molar-refractivity contribution in [3.63, 3.8) is 0 Å². The Morgan fingerprint density at radius 1 is 1.07 bits per heavy atom. The Labute approximate surface area is 160 Å². The first kappa shape index (κ1) is 19.0. The molecule has 0 aliphatic carbocycles. The first-order chi connectivity index (χ1) is 13.3. The minimum absolute atomic E-state index is 0.142. The first-order valence-corrected chi connectivity index (χ1v) is 8.51. The monoisotopic (exact) mass is 378 g/mol. The molecule has 1 aromatic heterocycles. The molecule has 0 aliphatic heterocycles. The van der Waals surface area contributed by atoms with Gasteiger partial charge in [0.05, 0.1) is 10.6 Å². The highest BCUT2D eigenvalue weighted by Gasteiger charge is 2.32. The molecule has 0 saturated carbocycles. The zero-order valence-electron chi connectivity index (χ0n) is 15.3. The molecule has 0 bridgehead atoms. The average Bonchev–Trinajstić information content (AvgIpc) is 2.69. The summed E-state index contributed by atoms with van der Waals surface area (Å²) >= 11 is 0. The lowest BCUT2D eigenvalue weighted by molar-refractivity contribution is -0.384. The van der Waals surface area contributed by atoms with E-state index < -0.39 is 21.9 Å². The quantitative estimate of drug-likeness (QED) is 0.542. The highest BCUT2D eigenvalue weighted by Crippen LogP contribution is 2.21. The third-order valence-corrected chi connectivity index (χ3v) is 4.27. The second-order valence-corrected chi connectivity index (χ2v) is 6.66. The van der Waals surface area contributed by atoms with Crippen LogP contribution >= 0.6 is 0 Å². The number of nitrogens with zero attached hydrogens (tertiary/aromatic N) is 3. The number of aromatic nitrogens is 2. The minimum Gasteiger partial charge on any atom is -0.324 e. The predicted octanol–water partition coefficient (Wildman–Crippen LogP) is 3.19. The minimum atomic E-state index is -1.33. The average molecular weight is 378 g/mol. The largest absolute Gasteiger partial charge is 0.324 e. The number of rotatable bonds is 5. The number of nitro benzene ring substituents is 1. The standard InChI is InChI=1S/C20H18N4O4/c1-20(2,19(26)21-15-9-6-10-16(13-15)24(27)28)23-18(25)12-11-17(22-23)14-7-4-3-5-8-14/h3-13H,1-2H3,(H,21,26). The maximum atomic E-state index is 12.8. The van der Waals surface area contributed by atoms with E-state index in [2.05, 4.69) is 10.4 Å². The van der Waals surface area contributed by atoms with E-state index >= 15 is 0 Å². The number of hydrogen-bond donors (Lipinski definition) is 1. The number of non-ortho nitro benzene ring substituents is 1. The molecule has 1 heterocycles. The second kappa shape index (κ2) is 7.43. The van der Waals surface area contributed by atoms with Gasteiger partial charge in [0.2, 0.25) is 0 Å². The van der Waals surface area contributed by atoms with Gasteiger partial charge >= 0.3 is 0 Å². The molecule has 1 amide bonds. The molecular formula is C20H18N4O4. The maximum absolute atomic E-state index is 12.8. The second-order valence-electron chi connectivity index (χ2n) is 6.66. The number of nitrogens with one attached hydrogen (secondary N) is 1. The predicted molar refractivity (Wildman–Crippen MR) is 105 cm³/mol. The molecule has 142 valence electrons. The number of nitro groups is 1. The van der Waals surface area contributed by atoms with E-state index in [4.69, 9.17) is 0 Å². The van der Waals surface area contributed by atoms with Crippen LogP contribution in [0.1, 0.15) is 13.8 Å². The fourth-order valence-electron chi connectivity index (χ4n) is 2.65. The zero-order valence-corrected chi connectivity index (χ0v) is 15.3. The molecule has 0 unspecified atom stereocenters. The number of hydrogen-bond acceptors (Lipinski definition) is 5. The van der Waals surface area contributed by atoms with Crippen molar-refractivity contribution < 1.29 is 9.72 Å². The van der Waals surface area contributed by atoms with Gasteiger partial charge in [-0.15, -0.1) is 0 Å². The van der Waals surface area contributed by atoms with Gasteiger partial charge in [0.15, 0.2) is 0 Å². The van der Waals surface area contributed by atoms with Gasteiger partial charge in [0.25, 0.3) is 17.2 Å². The molecular weight excluding hydrogens is 360 g/mol. The molecule has 0 spiro atoms. The van der Waals surface area contributed by atoms with Crippen molar-refractivity contribution in [2.75, 3.05) is 5.32 Å². The van der Waals surface area contributed by atoms with Crippen molar-refractivity contribution in [2.45, 2.75) is 19.4 Å². The topological polar surface area (TPSA) is 107 Å². The fourth-order valence-corrected chi connectivity index (χ4v) is 2.65. The number of carbonyl (C=O) groups excluding carboxylic acids is 1. The van der Waals surface area contributed by atoms with E-state index in [9.17, 15) is 19.7 Å². The summed E-state index contributed by atoms with van der Waals surface area (Å²) in [6, 6.07) is 17.8. The van der Waals surface area contributed by atoms with Crippen molar-refractivity contribution in [2.24, 2.45) is 0 Å². The summed E-state index contributed by atoms with van der Waals surface area (Å²) in [7, 11) is 0. The van der Waals surface area contributed by atoms with Gasteiger partial charge in [0.1, 0.15) is 5.54 Å². The SMILES string of the molecule is CC(C)(C(=O)Nc1cccc([N+](=O)[O-])c1)n1nc(-c2ccccc2)ccc1=O. The molecule has 8 heteroatoms. The maximum Gasteiger partial charge on any atom is 0.271 e. The van der Waals surface area contributed by atoms with Crippen LogP contribution in [0.5, 0.6) is 0 Å². The van der Waals surface area contributed by atoms with Gasteiger partial charge in [-0.25, -0.2) is 4.68 Å². The fraction of sp³-hybridized carbons (Fsp3) is 0.150. The van der Waals surface area contributed by atoms with E-state index in [0.717, 1.165) is 10.2 Å². The van der Waals surface area contributed by atoms with Crippen molar-refractivity contribution in [1.29, 1.82) is 0 Å². The zero-order chi connectivity index (χ0) is 20.3. The lowest BCUT2D eigenvalue weighted by atomic mass is 10.0. The summed E-state index contributed by atoms with van der Waals surface area (Å²) < 4.78 is 1.11. The van der Waals surface area contributed by atoms with Gasteiger partial charge in [0, 0.05) is 29.4 Å². The first-order valence-electron chi connectivity index (χ1n) is 8.51. The number of benzene rings is 2. The van der Waals surface area contributed by atoms with Gasteiger partial charge < -0.3 is 5.32 Å². The van der Waals surface area contributed by atoms with E-state index in [0.29, 0.717) is 5.69 Å². The summed E-state index contributed by atoms with van der Waals surface area (Å²) in [6.45, 7) is 3.12. The Morgan fingerprint density at radius 3 is 2.46 bits per heavy atom. The van der Waals surface area contributed by atoms with Crippen molar-refractivity contribution in [3.8, 4) is 11.3 Å². The highest BCUT2D eigenvalue weighted by atomic mass is 16.6. The summed E-state index contributed by atoms with van der Waals surface area (Å²) in [5, 5.41) is 17.9. The van der Waals surface area contributed by atoms with E-state index in [1.165, 1.54) is 30.3 Å². The molecule has 0 aliphatic rings. The summed E-state index contributed by atoms with van der Waals surface area (Å²) in [5.41, 5.74) is -0.273. The molecule has 0 radical (unpaired) electrons. The van der Waals surface area contributed by atoms with Crippen LogP contribution in [0, 0.1) is 10.1 Å². The lowest BCUT2D eigenvalue weighted by Crippen LogP contribution is -2.47. The number of anilines is 1. The smallest absolute Gasteiger partial charge is 0.271 e. The Kier molecular flexibility index (Phi) is 5.04. The molecule has 1 N–H and O–H groups in total. The Morgan fingerprint density at radius 2 is 1.79 bits per heavy atom. The molecule has 0 fully saturated rings. The van der Waals surface area contributed by atoms with Crippen LogP contribution in [-0.2, 0) is 10.3 Å². The third-order valence-electron chi connectivity index (χ3n) is 4.27. The van der Waals surface area contributed by atoms with Gasteiger partial charge in [-0.2, -0.15) is 5.10 Å². The van der Waals surface area contributed by atoms with Crippen LogP contribution in [0.4, 0.5) is 11.4 Å². The molecule has 2 aromatic carbocycles. The van der Waals surface area contributed by atoms with E-state index in [-0.39, 0.29) is 11.4 Å². The Bertz CT molecular complexity index is 1090. The molecule has 8 nitrogen and oxygen atoms in total. The molecule has 28 heavy (non-hydrogen) atoms. The van der Waals surface area contributed by atoms with Crippen LogP contribution in [0.15, 0.2) is 71.5 Å². The molecule has 3 aromatic rings. The van der Waals surface area contributed by atoms with Gasteiger partial charge in [-0.1, -0.05) is 36.4 Å². The normalized spacial score (nSPS) is 11.1. The van der Waals surface area contributed by atoms with Crippen LogP contribution in [0.25, 0.3) is 11.3 Å². The van der Waals surface area contributed by atoms with Crippen LogP contribution in [0.3, 0.4) is 0 Å². The molecule has 0 saturated heterocycles. The van der Waals surface area contributed by atoms with E-state index in [1.807, 2.05) is 30.3 Å². The van der Waals surface area contributed by atoms with Crippen molar-refractivity contribution in [3.05, 3.63) is 87.2 Å². The number of carbonyl (C=O) groups is 1.